The summed E-state index contributed by atoms with van der Waals surface area (Å²) in [7, 11) is 3.56. The molecule has 2 aromatic rings. The van der Waals surface area contributed by atoms with Gasteiger partial charge in [0.15, 0.2) is 0 Å². The molecule has 258 valence electrons. The second kappa shape index (κ2) is 16.1. The first-order valence-electron chi connectivity index (χ1n) is 17.0. The highest BCUT2D eigenvalue weighted by Crippen LogP contribution is 2.30. The fourth-order valence-corrected chi connectivity index (χ4v) is 6.54. The van der Waals surface area contributed by atoms with Gasteiger partial charge in [0.2, 0.25) is 17.7 Å². The van der Waals surface area contributed by atoms with E-state index in [2.05, 4.69) is 59.7 Å². The molecule has 2 aromatic carbocycles. The Hall–Kier alpha value is -3.49. The predicted octanol–water partition coefficient (Wildman–Crippen LogP) is 5.17. The second-order valence-corrected chi connectivity index (χ2v) is 15.2. The highest BCUT2D eigenvalue weighted by Gasteiger charge is 2.41. The van der Waals surface area contributed by atoms with Crippen molar-refractivity contribution in [3.63, 3.8) is 0 Å². The molecular formula is C39H59N5O3. The van der Waals surface area contributed by atoms with Crippen LogP contribution in [0, 0.1) is 18.3 Å². The van der Waals surface area contributed by atoms with E-state index in [-0.39, 0.29) is 29.7 Å². The van der Waals surface area contributed by atoms with Crippen molar-refractivity contribution >= 4 is 17.7 Å². The summed E-state index contributed by atoms with van der Waals surface area (Å²) in [5, 5.41) is 6.35. The van der Waals surface area contributed by atoms with Crippen LogP contribution in [0.15, 0.2) is 66.2 Å². The van der Waals surface area contributed by atoms with Crippen molar-refractivity contribution in [3.8, 4) is 0 Å². The highest BCUT2D eigenvalue weighted by molar-refractivity contribution is 5.94. The summed E-state index contributed by atoms with van der Waals surface area (Å²) in [6.07, 6.45) is 1.93. The molecule has 3 rings (SSSR count). The van der Waals surface area contributed by atoms with Gasteiger partial charge in [-0.15, -0.1) is 0 Å². The van der Waals surface area contributed by atoms with E-state index in [1.165, 1.54) is 5.56 Å². The lowest BCUT2D eigenvalue weighted by atomic mass is 9.76. The minimum atomic E-state index is -0.771. The Bertz CT molecular complexity index is 1390. The number of carbonyl (C=O) groups excluding carboxylic acids is 3. The molecule has 1 aliphatic heterocycles. The molecular weight excluding hydrogens is 586 g/mol. The van der Waals surface area contributed by atoms with Crippen LogP contribution in [0.1, 0.15) is 72.1 Å². The van der Waals surface area contributed by atoms with Gasteiger partial charge in [0, 0.05) is 50.8 Å². The van der Waals surface area contributed by atoms with Crippen molar-refractivity contribution in [2.24, 2.45) is 11.3 Å². The van der Waals surface area contributed by atoms with Gasteiger partial charge in [0.1, 0.15) is 6.04 Å². The molecule has 1 aliphatic rings. The van der Waals surface area contributed by atoms with Gasteiger partial charge < -0.3 is 20.4 Å². The van der Waals surface area contributed by atoms with Crippen LogP contribution in [-0.4, -0.2) is 90.8 Å². The average molecular weight is 646 g/mol. The molecule has 0 bridgehead atoms. The van der Waals surface area contributed by atoms with Gasteiger partial charge in [-0.1, -0.05) is 115 Å². The van der Waals surface area contributed by atoms with E-state index in [0.29, 0.717) is 18.7 Å². The first-order chi connectivity index (χ1) is 22.0. The fraction of sp³-hybridized carbons (Fsp3) is 0.564. The molecule has 0 aromatic heterocycles. The van der Waals surface area contributed by atoms with Crippen LogP contribution in [0.25, 0.3) is 0 Å². The number of nitrogens with one attached hydrogen (secondary N) is 2. The number of hydrogen-bond acceptors (Lipinski definition) is 5. The Morgan fingerprint density at radius 2 is 1.53 bits per heavy atom. The number of hydrogen-bond donors (Lipinski definition) is 2. The molecule has 0 radical (unpaired) electrons. The Kier molecular flexibility index (Phi) is 13.0. The summed E-state index contributed by atoms with van der Waals surface area (Å²) in [5.41, 5.74) is 2.99. The Labute approximate surface area is 284 Å². The zero-order valence-electron chi connectivity index (χ0n) is 30.7. The lowest BCUT2D eigenvalue weighted by molar-refractivity contribution is -0.141. The molecule has 3 amide bonds. The van der Waals surface area contributed by atoms with Crippen LogP contribution in [0.5, 0.6) is 0 Å². The molecule has 0 aliphatic carbocycles. The number of likely N-dealkylation sites (N-methyl/N-ethyl adjacent to an activating group) is 2. The van der Waals surface area contributed by atoms with Gasteiger partial charge in [0.05, 0.1) is 12.1 Å². The van der Waals surface area contributed by atoms with Gasteiger partial charge in [-0.3, -0.25) is 19.3 Å². The number of rotatable bonds is 12. The second-order valence-electron chi connectivity index (χ2n) is 15.2. The molecule has 0 unspecified atom stereocenters. The third-order valence-corrected chi connectivity index (χ3v) is 9.58. The number of piperazine rings is 1. The third kappa shape index (κ3) is 9.77. The van der Waals surface area contributed by atoms with E-state index in [0.717, 1.165) is 30.8 Å². The number of nitrogens with zero attached hydrogens (tertiary/aromatic N) is 3. The van der Waals surface area contributed by atoms with E-state index in [4.69, 9.17) is 0 Å². The van der Waals surface area contributed by atoms with Gasteiger partial charge >= 0.3 is 0 Å². The molecule has 3 atom stereocenters. The summed E-state index contributed by atoms with van der Waals surface area (Å²) in [5.74, 6) is -0.350. The Morgan fingerprint density at radius 1 is 0.915 bits per heavy atom. The monoisotopic (exact) mass is 645 g/mol. The zero-order chi connectivity index (χ0) is 35.1. The van der Waals surface area contributed by atoms with Crippen molar-refractivity contribution in [2.45, 2.75) is 92.4 Å². The zero-order valence-corrected chi connectivity index (χ0v) is 30.7. The maximum Gasteiger partial charge on any atom is 0.249 e. The van der Waals surface area contributed by atoms with Crippen LogP contribution in [-0.2, 0) is 26.3 Å². The van der Waals surface area contributed by atoms with Crippen LogP contribution in [0.2, 0.25) is 0 Å². The van der Waals surface area contributed by atoms with E-state index in [1.807, 2.05) is 83.7 Å². The normalized spacial score (nSPS) is 16.9. The lowest BCUT2D eigenvalue weighted by Crippen LogP contribution is -2.61. The molecule has 8 nitrogen and oxygen atoms in total. The van der Waals surface area contributed by atoms with Crippen molar-refractivity contribution in [2.75, 3.05) is 40.3 Å². The van der Waals surface area contributed by atoms with Gasteiger partial charge in [-0.25, -0.2) is 0 Å². The van der Waals surface area contributed by atoms with Crippen LogP contribution in [0.4, 0.5) is 0 Å². The van der Waals surface area contributed by atoms with Gasteiger partial charge in [-0.2, -0.15) is 0 Å². The topological polar surface area (TPSA) is 85.0 Å². The van der Waals surface area contributed by atoms with Crippen LogP contribution >= 0.6 is 0 Å². The summed E-state index contributed by atoms with van der Waals surface area (Å²) in [6, 6.07) is 16.9. The summed E-state index contributed by atoms with van der Waals surface area (Å²) in [4.78, 5) is 47.7. The lowest BCUT2D eigenvalue weighted by Gasteiger charge is -2.40. The van der Waals surface area contributed by atoms with Crippen molar-refractivity contribution in [1.82, 2.24) is 25.3 Å². The van der Waals surface area contributed by atoms with Gasteiger partial charge in [-0.05, 0) is 43.4 Å². The van der Waals surface area contributed by atoms with Crippen molar-refractivity contribution in [1.29, 1.82) is 0 Å². The molecule has 0 spiro atoms. The Morgan fingerprint density at radius 3 is 2.06 bits per heavy atom. The number of amides is 3. The minimum Gasteiger partial charge on any atom is -0.342 e. The summed E-state index contributed by atoms with van der Waals surface area (Å²) < 4.78 is 0. The highest BCUT2D eigenvalue weighted by atomic mass is 16.2. The van der Waals surface area contributed by atoms with Crippen molar-refractivity contribution < 1.29 is 14.4 Å². The van der Waals surface area contributed by atoms with Crippen LogP contribution in [0.3, 0.4) is 0 Å². The Balaban J connectivity index is 1.74. The van der Waals surface area contributed by atoms with E-state index < -0.39 is 22.9 Å². The molecule has 8 heteroatoms. The first-order valence-corrected chi connectivity index (χ1v) is 17.0. The number of carbonyl (C=O) groups is 3. The van der Waals surface area contributed by atoms with Crippen molar-refractivity contribution in [3.05, 3.63) is 82.9 Å². The molecule has 47 heavy (non-hydrogen) atoms. The molecule has 1 saturated heterocycles. The molecule has 2 N–H and O–H groups in total. The van der Waals surface area contributed by atoms with Crippen LogP contribution < -0.4 is 10.6 Å². The van der Waals surface area contributed by atoms with E-state index in [9.17, 15) is 14.4 Å². The fourth-order valence-electron chi connectivity index (χ4n) is 6.54. The molecule has 1 fully saturated rings. The predicted molar refractivity (Wildman–Crippen MR) is 192 cm³/mol. The quantitative estimate of drug-likeness (QED) is 0.312. The maximum absolute atomic E-state index is 14.2. The maximum atomic E-state index is 14.2. The minimum absolute atomic E-state index is 0.00627. The SMILES string of the molecule is CN[C@H](C(=O)N[C@H](C(=O)N(C)[C@H](C=C(C)C(=O)N1CCN(Cc2ccccc2)CC1)C(C)C)C(C)(C)C)C(C)(C)c1cccc(C)c1. The summed E-state index contributed by atoms with van der Waals surface area (Å²) >= 11 is 0. The van der Waals surface area contributed by atoms with E-state index >= 15 is 0 Å². The average Bonchev–Trinajstić information content (AvgIpc) is 3.01. The first kappa shape index (κ1) is 38.0. The number of benzene rings is 2. The van der Waals surface area contributed by atoms with Gasteiger partial charge in [0.25, 0.3) is 0 Å². The molecule has 1 heterocycles. The largest absolute Gasteiger partial charge is 0.342 e. The van der Waals surface area contributed by atoms with E-state index in [1.54, 1.807) is 19.0 Å². The smallest absolute Gasteiger partial charge is 0.249 e. The number of aryl methyl sites for hydroxylation is 1. The standard InChI is InChI=1S/C39H59N5O3/c1-27(2)32(25-29(4)36(46)44-22-20-43(21-23-44)26-30-17-13-12-14-18-30)42(11)37(47)34(38(5,6)7)41-35(45)33(40-10)39(8,9)31-19-15-16-28(3)24-31/h12-19,24-25,27,32-34,40H,20-23,26H2,1-11H3,(H,41,45)/t32-,33-,34-/m1/s1. The third-order valence-electron chi connectivity index (χ3n) is 9.58. The summed E-state index contributed by atoms with van der Waals surface area (Å²) in [6.45, 7) is 21.9. The molecule has 0 saturated carbocycles.